The molecule has 0 bridgehead atoms. The maximum Gasteiger partial charge on any atom is 0.132 e. The first-order valence-electron chi connectivity index (χ1n) is 5.65. The summed E-state index contributed by atoms with van der Waals surface area (Å²) in [7, 11) is 0. The predicted molar refractivity (Wildman–Crippen MR) is 65.4 cm³/mol. The molecule has 0 amide bonds. The van der Waals surface area contributed by atoms with Crippen LogP contribution in [0.3, 0.4) is 0 Å². The molecule has 2 nitrogen and oxygen atoms in total. The fourth-order valence-electron chi connectivity index (χ4n) is 1.82. The third-order valence-corrected chi connectivity index (χ3v) is 2.81. The first kappa shape index (κ1) is 10.8. The van der Waals surface area contributed by atoms with E-state index in [2.05, 4.69) is 11.1 Å². The number of aryl methyl sites for hydroxylation is 1. The Labute approximate surface area is 95.3 Å². The van der Waals surface area contributed by atoms with Gasteiger partial charge in [0.1, 0.15) is 5.78 Å². The normalized spacial score (nSPS) is 10.6. The molecular formula is C14H15NO. The smallest absolute Gasteiger partial charge is 0.132 e. The van der Waals surface area contributed by atoms with Gasteiger partial charge in [0.15, 0.2) is 0 Å². The topological polar surface area (TPSA) is 30.0 Å². The molecule has 0 aliphatic carbocycles. The van der Waals surface area contributed by atoms with Gasteiger partial charge in [-0.2, -0.15) is 0 Å². The zero-order valence-electron chi connectivity index (χ0n) is 9.44. The van der Waals surface area contributed by atoms with Gasteiger partial charge in [-0.1, -0.05) is 25.1 Å². The third-order valence-electron chi connectivity index (χ3n) is 2.81. The Balaban J connectivity index is 2.27. The van der Waals surface area contributed by atoms with Gasteiger partial charge in [-0.15, -0.1) is 0 Å². The van der Waals surface area contributed by atoms with Crippen LogP contribution in [0.4, 0.5) is 0 Å². The van der Waals surface area contributed by atoms with E-state index in [-0.39, 0.29) is 0 Å². The highest BCUT2D eigenvalue weighted by atomic mass is 16.1. The number of carbonyl (C=O) groups excluding carboxylic acids is 1. The molecule has 2 aromatic rings. The van der Waals surface area contributed by atoms with E-state index < -0.39 is 0 Å². The second-order valence-electron chi connectivity index (χ2n) is 3.88. The lowest BCUT2D eigenvalue weighted by Crippen LogP contribution is -1.98. The second-order valence-corrected chi connectivity index (χ2v) is 3.88. The van der Waals surface area contributed by atoms with Crippen molar-refractivity contribution in [1.82, 2.24) is 4.98 Å². The van der Waals surface area contributed by atoms with Crippen LogP contribution in [0.5, 0.6) is 0 Å². The lowest BCUT2D eigenvalue weighted by atomic mass is 10.0. The number of aromatic nitrogens is 1. The van der Waals surface area contributed by atoms with E-state index in [0.717, 1.165) is 17.3 Å². The van der Waals surface area contributed by atoms with Gasteiger partial charge in [-0.25, -0.2) is 0 Å². The summed E-state index contributed by atoms with van der Waals surface area (Å²) in [4.78, 5) is 15.6. The van der Waals surface area contributed by atoms with Crippen molar-refractivity contribution in [3.8, 4) is 0 Å². The third kappa shape index (κ3) is 2.27. The summed E-state index contributed by atoms with van der Waals surface area (Å²) < 4.78 is 0. The Hall–Kier alpha value is -1.70. The fraction of sp³-hybridized carbons (Fsp3) is 0.286. The van der Waals surface area contributed by atoms with Crippen LogP contribution >= 0.6 is 0 Å². The number of ketones is 1. The molecule has 0 atom stereocenters. The molecule has 0 aliphatic heterocycles. The van der Waals surface area contributed by atoms with Gasteiger partial charge in [0, 0.05) is 24.4 Å². The van der Waals surface area contributed by atoms with Gasteiger partial charge in [0.2, 0.25) is 0 Å². The van der Waals surface area contributed by atoms with Crippen molar-refractivity contribution in [3.63, 3.8) is 0 Å². The van der Waals surface area contributed by atoms with Crippen molar-refractivity contribution in [2.24, 2.45) is 0 Å². The molecule has 0 unspecified atom stereocenters. The van der Waals surface area contributed by atoms with Crippen LogP contribution in [0.15, 0.2) is 36.5 Å². The van der Waals surface area contributed by atoms with Crippen LogP contribution in [0.2, 0.25) is 0 Å². The summed E-state index contributed by atoms with van der Waals surface area (Å²) in [5.74, 6) is 0.320. The number of para-hydroxylation sites is 1. The average molecular weight is 213 g/mol. The first-order chi connectivity index (χ1) is 7.81. The average Bonchev–Trinajstić information content (AvgIpc) is 2.35. The molecule has 1 aromatic carbocycles. The maximum absolute atomic E-state index is 11.3. The molecule has 1 aromatic heterocycles. The Morgan fingerprint density at radius 3 is 2.88 bits per heavy atom. The minimum Gasteiger partial charge on any atom is -0.300 e. The highest BCUT2D eigenvalue weighted by molar-refractivity contribution is 5.83. The largest absolute Gasteiger partial charge is 0.300 e. The number of nitrogens with zero attached hydrogens (tertiary/aromatic N) is 1. The Morgan fingerprint density at radius 1 is 1.25 bits per heavy atom. The van der Waals surface area contributed by atoms with Gasteiger partial charge in [-0.05, 0) is 24.1 Å². The van der Waals surface area contributed by atoms with Crippen molar-refractivity contribution in [3.05, 3.63) is 42.1 Å². The molecule has 0 saturated carbocycles. The summed E-state index contributed by atoms with van der Waals surface area (Å²) in [5, 5.41) is 1.16. The van der Waals surface area contributed by atoms with Crippen molar-refractivity contribution in [2.75, 3.05) is 0 Å². The minimum absolute atomic E-state index is 0.320. The Morgan fingerprint density at radius 2 is 2.06 bits per heavy atom. The van der Waals surface area contributed by atoms with E-state index >= 15 is 0 Å². The van der Waals surface area contributed by atoms with E-state index in [0.29, 0.717) is 18.6 Å². The molecule has 82 valence electrons. The van der Waals surface area contributed by atoms with Crippen LogP contribution in [0, 0.1) is 0 Å². The molecule has 0 fully saturated rings. The molecule has 0 spiro atoms. The zero-order chi connectivity index (χ0) is 11.4. The van der Waals surface area contributed by atoms with Gasteiger partial charge >= 0.3 is 0 Å². The molecule has 0 aliphatic rings. The maximum atomic E-state index is 11.3. The second kappa shape index (κ2) is 4.88. The van der Waals surface area contributed by atoms with E-state index in [4.69, 9.17) is 0 Å². The molecule has 2 rings (SSSR count). The SMILES string of the molecule is CCC(=O)CCc1ccnc2ccccc12. The minimum atomic E-state index is 0.320. The van der Waals surface area contributed by atoms with Crippen molar-refractivity contribution >= 4 is 16.7 Å². The van der Waals surface area contributed by atoms with Crippen LogP contribution in [0.1, 0.15) is 25.3 Å². The number of fused-ring (bicyclic) bond motifs is 1. The number of carbonyl (C=O) groups is 1. The van der Waals surface area contributed by atoms with E-state index in [1.807, 2.05) is 37.4 Å². The number of Topliss-reactive ketones (excluding diaryl/α,β-unsaturated/α-hetero) is 1. The van der Waals surface area contributed by atoms with Crippen molar-refractivity contribution < 1.29 is 4.79 Å². The fourth-order valence-corrected chi connectivity index (χ4v) is 1.82. The van der Waals surface area contributed by atoms with Gasteiger partial charge in [0.05, 0.1) is 5.52 Å². The van der Waals surface area contributed by atoms with Crippen LogP contribution in [0.25, 0.3) is 10.9 Å². The molecule has 0 N–H and O–H groups in total. The lowest BCUT2D eigenvalue weighted by Gasteiger charge is -2.04. The van der Waals surface area contributed by atoms with Crippen LogP contribution in [-0.2, 0) is 11.2 Å². The van der Waals surface area contributed by atoms with Gasteiger partial charge in [-0.3, -0.25) is 9.78 Å². The van der Waals surface area contributed by atoms with Crippen LogP contribution in [-0.4, -0.2) is 10.8 Å². The molecule has 2 heteroatoms. The zero-order valence-corrected chi connectivity index (χ0v) is 9.44. The number of benzene rings is 1. The van der Waals surface area contributed by atoms with Gasteiger partial charge in [0.25, 0.3) is 0 Å². The summed E-state index contributed by atoms with van der Waals surface area (Å²) in [6, 6.07) is 10.1. The standard InChI is InChI=1S/C14H15NO/c1-2-12(16)8-7-11-9-10-15-14-6-4-3-5-13(11)14/h3-6,9-10H,2,7-8H2,1H3. The Kier molecular flexibility index (Phi) is 3.30. The van der Waals surface area contributed by atoms with E-state index in [9.17, 15) is 4.79 Å². The van der Waals surface area contributed by atoms with E-state index in [1.54, 1.807) is 0 Å². The first-order valence-corrected chi connectivity index (χ1v) is 5.65. The summed E-state index contributed by atoms with van der Waals surface area (Å²) in [6.07, 6.45) is 3.89. The number of hydrogen-bond donors (Lipinski definition) is 0. The molecule has 1 heterocycles. The summed E-state index contributed by atoms with van der Waals surface area (Å²) >= 11 is 0. The van der Waals surface area contributed by atoms with Crippen LogP contribution < -0.4 is 0 Å². The van der Waals surface area contributed by atoms with Crippen molar-refractivity contribution in [2.45, 2.75) is 26.2 Å². The molecular weight excluding hydrogens is 198 g/mol. The quantitative estimate of drug-likeness (QED) is 0.781. The molecule has 0 radical (unpaired) electrons. The monoisotopic (exact) mass is 213 g/mol. The predicted octanol–water partition coefficient (Wildman–Crippen LogP) is 3.15. The highest BCUT2D eigenvalue weighted by Crippen LogP contribution is 2.17. The summed E-state index contributed by atoms with van der Waals surface area (Å²) in [5.41, 5.74) is 2.22. The Bertz CT molecular complexity index is 500. The molecule has 0 saturated heterocycles. The van der Waals surface area contributed by atoms with Gasteiger partial charge < -0.3 is 0 Å². The summed E-state index contributed by atoms with van der Waals surface area (Å²) in [6.45, 7) is 1.91. The lowest BCUT2D eigenvalue weighted by molar-refractivity contribution is -0.118. The van der Waals surface area contributed by atoms with Crippen molar-refractivity contribution in [1.29, 1.82) is 0 Å². The number of pyridine rings is 1. The molecule has 16 heavy (non-hydrogen) atoms. The number of rotatable bonds is 4. The highest BCUT2D eigenvalue weighted by Gasteiger charge is 2.03. The number of hydrogen-bond acceptors (Lipinski definition) is 2. The van der Waals surface area contributed by atoms with E-state index in [1.165, 1.54) is 5.56 Å².